The van der Waals surface area contributed by atoms with Gasteiger partial charge in [-0.2, -0.15) is 0 Å². The van der Waals surface area contributed by atoms with Gasteiger partial charge in [0.15, 0.2) is 5.03 Å². The Balaban J connectivity index is 1.80. The normalized spacial score (nSPS) is 19.7. The van der Waals surface area contributed by atoms with E-state index in [0.717, 1.165) is 18.5 Å². The van der Waals surface area contributed by atoms with Crippen molar-refractivity contribution in [2.75, 3.05) is 11.9 Å². The van der Waals surface area contributed by atoms with Crippen molar-refractivity contribution >= 4 is 21.9 Å². The van der Waals surface area contributed by atoms with Crippen LogP contribution < -0.4 is 10.5 Å². The van der Waals surface area contributed by atoms with E-state index in [2.05, 4.69) is 29.1 Å². The highest BCUT2D eigenvalue weighted by Gasteiger charge is 2.43. The van der Waals surface area contributed by atoms with Gasteiger partial charge in [-0.1, -0.05) is 12.1 Å². The average Bonchev–Trinajstić information content (AvgIpc) is 3.06. The van der Waals surface area contributed by atoms with Gasteiger partial charge in [-0.05, 0) is 91.0 Å². The summed E-state index contributed by atoms with van der Waals surface area (Å²) in [5.74, 6) is 0.665. The van der Waals surface area contributed by atoms with Gasteiger partial charge in [0, 0.05) is 18.3 Å². The van der Waals surface area contributed by atoms with Crippen LogP contribution in [0.5, 0.6) is 0 Å². The third-order valence-corrected chi connectivity index (χ3v) is 7.09. The molecule has 2 aromatic heterocycles. The molecule has 1 saturated heterocycles. The third-order valence-electron chi connectivity index (χ3n) is 6.28. The monoisotopic (exact) mass is 503 g/mol. The summed E-state index contributed by atoms with van der Waals surface area (Å²) in [7, 11) is -3.93. The summed E-state index contributed by atoms with van der Waals surface area (Å²) in [6, 6.07) is 10.4. The van der Waals surface area contributed by atoms with Gasteiger partial charge in [0.1, 0.15) is 11.4 Å². The van der Waals surface area contributed by atoms with Crippen molar-refractivity contribution < 1.29 is 17.9 Å². The van der Waals surface area contributed by atoms with E-state index in [9.17, 15) is 13.2 Å². The molecule has 9 nitrogen and oxygen atoms in total. The molecule has 0 saturated carbocycles. The summed E-state index contributed by atoms with van der Waals surface area (Å²) in [5.41, 5.74) is -0.684. The van der Waals surface area contributed by atoms with Gasteiger partial charge in [0.05, 0.1) is 11.2 Å². The number of pyridine rings is 2. The molecule has 2 atom stereocenters. The molecule has 0 spiro atoms. The Morgan fingerprint density at radius 3 is 2.51 bits per heavy atom. The summed E-state index contributed by atoms with van der Waals surface area (Å²) >= 11 is 0. The van der Waals surface area contributed by atoms with E-state index >= 15 is 0 Å². The number of hydrogen-bond acceptors (Lipinski definition) is 7. The van der Waals surface area contributed by atoms with Crippen molar-refractivity contribution in [3.05, 3.63) is 48.3 Å². The largest absolute Gasteiger partial charge is 0.444 e. The number of carbonyl (C=O) groups is 1. The lowest BCUT2D eigenvalue weighted by molar-refractivity contribution is 0.0130. The fourth-order valence-corrected chi connectivity index (χ4v) is 5.07. The maximum Gasteiger partial charge on any atom is 0.410 e. The van der Waals surface area contributed by atoms with Gasteiger partial charge in [-0.15, -0.1) is 0 Å². The molecule has 0 radical (unpaired) electrons. The maximum absolute atomic E-state index is 12.8. The number of carbonyl (C=O) groups excluding carboxylic acids is 1. The molecule has 0 bridgehead atoms. The van der Waals surface area contributed by atoms with E-state index in [-0.39, 0.29) is 22.6 Å². The van der Waals surface area contributed by atoms with Crippen LogP contribution in [0.15, 0.2) is 47.6 Å². The summed E-state index contributed by atoms with van der Waals surface area (Å²) < 4.78 is 29.2. The highest BCUT2D eigenvalue weighted by molar-refractivity contribution is 7.89. The summed E-state index contributed by atoms with van der Waals surface area (Å²) in [4.78, 5) is 23.4. The Kier molecular flexibility index (Phi) is 7.48. The van der Waals surface area contributed by atoms with Crippen molar-refractivity contribution in [2.45, 2.75) is 82.5 Å². The quantitative estimate of drug-likeness (QED) is 0.577. The van der Waals surface area contributed by atoms with Gasteiger partial charge in [0.2, 0.25) is 0 Å². The van der Waals surface area contributed by atoms with Gasteiger partial charge in [0.25, 0.3) is 10.0 Å². The van der Waals surface area contributed by atoms with Crippen LogP contribution in [0.1, 0.15) is 66.5 Å². The van der Waals surface area contributed by atoms with Crippen LogP contribution >= 0.6 is 0 Å². The van der Waals surface area contributed by atoms with Crippen LogP contribution in [0.4, 0.5) is 10.6 Å². The van der Waals surface area contributed by atoms with Gasteiger partial charge < -0.3 is 15.0 Å². The first-order chi connectivity index (χ1) is 16.1. The van der Waals surface area contributed by atoms with E-state index in [1.807, 2.05) is 50.8 Å². The second-order valence-corrected chi connectivity index (χ2v) is 12.6. The number of ether oxygens (including phenoxy) is 1. The number of anilines is 1. The standard InChI is InChI=1S/C25H37N5O4S/c1-23(2,3)34-22(31)30-17-18(16-24(30,4)5)13-14-25(6,19-10-7-8-15-27-19)29-20-11-9-12-21(28-20)35(26,32)33/h7-12,15,18H,13-14,16-17H2,1-6H3,(H,28,29)(H2,26,32,33)/t18-,25?/m0/s1. The molecule has 192 valence electrons. The van der Waals surface area contributed by atoms with Crippen molar-refractivity contribution in [3.8, 4) is 0 Å². The molecular weight excluding hydrogens is 466 g/mol. The topological polar surface area (TPSA) is 128 Å². The minimum absolute atomic E-state index is 0.198. The van der Waals surface area contributed by atoms with Gasteiger partial charge in [-0.25, -0.2) is 23.3 Å². The molecule has 1 fully saturated rings. The Labute approximate surface area is 208 Å². The van der Waals surface area contributed by atoms with Crippen LogP contribution in [-0.4, -0.2) is 47.1 Å². The lowest BCUT2D eigenvalue weighted by atomic mass is 9.85. The van der Waals surface area contributed by atoms with Crippen LogP contribution in [-0.2, 0) is 20.3 Å². The predicted molar refractivity (Wildman–Crippen MR) is 135 cm³/mol. The number of hydrogen-bond donors (Lipinski definition) is 2. The molecule has 1 amide bonds. The first-order valence-electron chi connectivity index (χ1n) is 11.8. The third kappa shape index (κ3) is 6.91. The van der Waals surface area contributed by atoms with Gasteiger partial charge >= 0.3 is 6.09 Å². The minimum Gasteiger partial charge on any atom is -0.444 e. The molecule has 3 rings (SSSR count). The molecular formula is C25H37N5O4S. The smallest absolute Gasteiger partial charge is 0.410 e. The van der Waals surface area contributed by atoms with E-state index in [1.165, 1.54) is 6.07 Å². The first kappa shape index (κ1) is 26.9. The molecule has 1 unspecified atom stereocenters. The summed E-state index contributed by atoms with van der Waals surface area (Å²) in [6.45, 7) is 12.4. The fraction of sp³-hybridized carbons (Fsp3) is 0.560. The van der Waals surface area contributed by atoms with E-state index < -0.39 is 21.2 Å². The number of sulfonamides is 1. The Bertz CT molecular complexity index is 1150. The number of primary sulfonamides is 1. The highest BCUT2D eigenvalue weighted by Crippen LogP contribution is 2.39. The zero-order chi connectivity index (χ0) is 26.1. The number of amides is 1. The molecule has 1 aliphatic heterocycles. The second-order valence-electron chi connectivity index (χ2n) is 11.1. The molecule has 3 N–H and O–H groups in total. The number of nitrogens with zero attached hydrogens (tertiary/aromatic N) is 3. The van der Waals surface area contributed by atoms with Gasteiger partial charge in [-0.3, -0.25) is 4.98 Å². The summed E-state index contributed by atoms with van der Waals surface area (Å²) in [6.07, 6.45) is 3.79. The molecule has 35 heavy (non-hydrogen) atoms. The van der Waals surface area contributed by atoms with E-state index in [1.54, 1.807) is 18.3 Å². The Morgan fingerprint density at radius 2 is 1.91 bits per heavy atom. The number of aromatic nitrogens is 2. The highest BCUT2D eigenvalue weighted by atomic mass is 32.2. The molecule has 0 aliphatic carbocycles. The number of nitrogens with two attached hydrogens (primary N) is 1. The van der Waals surface area contributed by atoms with Crippen molar-refractivity contribution in [1.29, 1.82) is 0 Å². The zero-order valence-electron chi connectivity index (χ0n) is 21.4. The van der Waals surface area contributed by atoms with Crippen molar-refractivity contribution in [2.24, 2.45) is 11.1 Å². The number of rotatable bonds is 7. The Morgan fingerprint density at radius 1 is 1.20 bits per heavy atom. The van der Waals surface area contributed by atoms with Crippen LogP contribution in [0.3, 0.4) is 0 Å². The lowest BCUT2D eigenvalue weighted by Gasteiger charge is -2.33. The van der Waals surface area contributed by atoms with Crippen molar-refractivity contribution in [3.63, 3.8) is 0 Å². The number of nitrogens with one attached hydrogen (secondary N) is 1. The molecule has 10 heteroatoms. The summed E-state index contributed by atoms with van der Waals surface area (Å²) in [5, 5.41) is 8.47. The predicted octanol–water partition coefficient (Wildman–Crippen LogP) is 4.27. The fourth-order valence-electron chi connectivity index (χ4n) is 4.58. The SMILES string of the molecule is CC(C)(C)OC(=O)N1C[C@@H](CCC(C)(Nc2cccc(S(N)(=O)=O)n2)c2ccccn2)CC1(C)C. The molecule has 0 aromatic carbocycles. The lowest BCUT2D eigenvalue weighted by Crippen LogP contribution is -2.45. The minimum atomic E-state index is -3.93. The second kappa shape index (κ2) is 9.73. The van der Waals surface area contributed by atoms with Crippen LogP contribution in [0, 0.1) is 5.92 Å². The van der Waals surface area contributed by atoms with Crippen LogP contribution in [0.2, 0.25) is 0 Å². The average molecular weight is 504 g/mol. The number of likely N-dealkylation sites (tertiary alicyclic amines) is 1. The van der Waals surface area contributed by atoms with E-state index in [4.69, 9.17) is 9.88 Å². The molecule has 3 heterocycles. The first-order valence-corrected chi connectivity index (χ1v) is 13.3. The van der Waals surface area contributed by atoms with Crippen molar-refractivity contribution in [1.82, 2.24) is 14.9 Å². The van der Waals surface area contributed by atoms with E-state index in [0.29, 0.717) is 18.8 Å². The molecule has 2 aromatic rings. The zero-order valence-corrected chi connectivity index (χ0v) is 22.2. The Hall–Kier alpha value is -2.72. The maximum atomic E-state index is 12.8. The molecule has 1 aliphatic rings. The van der Waals surface area contributed by atoms with Crippen LogP contribution in [0.25, 0.3) is 0 Å².